The molecule has 0 saturated carbocycles. The summed E-state index contributed by atoms with van der Waals surface area (Å²) in [6.45, 7) is 2.70. The Kier molecular flexibility index (Phi) is 4.64. The summed E-state index contributed by atoms with van der Waals surface area (Å²) in [7, 11) is 0. The third-order valence-electron chi connectivity index (χ3n) is 4.97. The predicted molar refractivity (Wildman–Crippen MR) is 106 cm³/mol. The van der Waals surface area contributed by atoms with Crippen molar-refractivity contribution >= 4 is 11.7 Å². The minimum absolute atomic E-state index is 0.0488. The third kappa shape index (κ3) is 3.19. The molecule has 2 aromatic carbocycles. The van der Waals surface area contributed by atoms with Gasteiger partial charge in [0.2, 0.25) is 0 Å². The van der Waals surface area contributed by atoms with E-state index in [9.17, 15) is 4.79 Å². The molecule has 0 spiro atoms. The van der Waals surface area contributed by atoms with Gasteiger partial charge in [-0.15, -0.1) is 0 Å². The number of nitrogens with one attached hydrogen (secondary N) is 2. The van der Waals surface area contributed by atoms with Crippen molar-refractivity contribution < 1.29 is 9.90 Å². The average molecular weight is 362 g/mol. The molecule has 4 rings (SSSR count). The number of hydrogen-bond acceptors (Lipinski definition) is 3. The van der Waals surface area contributed by atoms with E-state index in [-0.39, 0.29) is 12.6 Å². The number of aromatic nitrogens is 2. The van der Waals surface area contributed by atoms with Crippen LogP contribution in [-0.4, -0.2) is 45.9 Å². The molecule has 0 radical (unpaired) electrons. The zero-order chi connectivity index (χ0) is 18.8. The van der Waals surface area contributed by atoms with E-state index in [4.69, 9.17) is 5.11 Å². The molecule has 2 amide bonds. The van der Waals surface area contributed by atoms with Crippen molar-refractivity contribution in [1.29, 1.82) is 0 Å². The van der Waals surface area contributed by atoms with Crippen molar-refractivity contribution in [2.45, 2.75) is 13.3 Å². The number of rotatable bonds is 5. The van der Waals surface area contributed by atoms with Crippen LogP contribution in [0, 0.1) is 0 Å². The summed E-state index contributed by atoms with van der Waals surface area (Å²) < 4.78 is 0. The summed E-state index contributed by atoms with van der Waals surface area (Å²) in [5, 5.41) is 19.6. The van der Waals surface area contributed by atoms with E-state index in [1.165, 1.54) is 16.7 Å². The average Bonchev–Trinajstić information content (AvgIpc) is 3.26. The SMILES string of the molecule is CCN(CCO)C(=O)Nc1ccc(-c2n[nH]c3c2Cc2ccccc2-3)cc1. The summed E-state index contributed by atoms with van der Waals surface area (Å²) in [4.78, 5) is 13.8. The number of anilines is 1. The molecule has 1 aliphatic rings. The number of benzene rings is 2. The molecule has 138 valence electrons. The quantitative estimate of drug-likeness (QED) is 0.508. The first-order valence-electron chi connectivity index (χ1n) is 9.14. The molecule has 6 heteroatoms. The van der Waals surface area contributed by atoms with Crippen molar-refractivity contribution in [3.05, 3.63) is 59.7 Å². The zero-order valence-electron chi connectivity index (χ0n) is 15.2. The van der Waals surface area contributed by atoms with Crippen LogP contribution in [0.3, 0.4) is 0 Å². The number of aliphatic hydroxyl groups excluding tert-OH is 1. The number of likely N-dealkylation sites (N-methyl/N-ethyl adjacent to an activating group) is 1. The maximum Gasteiger partial charge on any atom is 0.321 e. The van der Waals surface area contributed by atoms with E-state index in [1.807, 2.05) is 37.3 Å². The molecule has 27 heavy (non-hydrogen) atoms. The Morgan fingerprint density at radius 2 is 2.00 bits per heavy atom. The molecule has 1 heterocycles. The van der Waals surface area contributed by atoms with E-state index in [1.54, 1.807) is 4.90 Å². The van der Waals surface area contributed by atoms with E-state index in [2.05, 4.69) is 33.7 Å². The van der Waals surface area contributed by atoms with Crippen molar-refractivity contribution in [3.63, 3.8) is 0 Å². The van der Waals surface area contributed by atoms with Crippen LogP contribution in [0.4, 0.5) is 10.5 Å². The molecule has 0 bridgehead atoms. The summed E-state index contributed by atoms with van der Waals surface area (Å²) in [5.41, 5.74) is 7.54. The Balaban J connectivity index is 1.53. The van der Waals surface area contributed by atoms with Gasteiger partial charge in [-0.2, -0.15) is 5.10 Å². The van der Waals surface area contributed by atoms with Crippen molar-refractivity contribution in [3.8, 4) is 22.5 Å². The number of carbonyl (C=O) groups is 1. The highest BCUT2D eigenvalue weighted by molar-refractivity contribution is 5.90. The highest BCUT2D eigenvalue weighted by atomic mass is 16.3. The standard InChI is InChI=1S/C21H22N4O2/c1-2-25(11-12-26)21(27)22-16-9-7-14(8-10-16)19-18-13-15-5-3-4-6-17(15)20(18)24-23-19/h3-10,26H,2,11-13H2,1H3,(H,22,27)(H,23,24). The minimum Gasteiger partial charge on any atom is -0.395 e. The van der Waals surface area contributed by atoms with Gasteiger partial charge in [0.25, 0.3) is 0 Å². The number of nitrogens with zero attached hydrogens (tertiary/aromatic N) is 2. The van der Waals surface area contributed by atoms with Gasteiger partial charge in [0.05, 0.1) is 18.0 Å². The lowest BCUT2D eigenvalue weighted by Crippen LogP contribution is -2.36. The smallest absolute Gasteiger partial charge is 0.321 e. The van der Waals surface area contributed by atoms with Crippen LogP contribution < -0.4 is 5.32 Å². The molecule has 1 aromatic heterocycles. The number of aliphatic hydroxyl groups is 1. The molecular weight excluding hydrogens is 340 g/mol. The van der Waals surface area contributed by atoms with Crippen LogP contribution in [0.5, 0.6) is 0 Å². The number of fused-ring (bicyclic) bond motifs is 3. The second-order valence-corrected chi connectivity index (χ2v) is 6.57. The summed E-state index contributed by atoms with van der Waals surface area (Å²) in [6, 6.07) is 15.9. The number of carbonyl (C=O) groups excluding carboxylic acids is 1. The zero-order valence-corrected chi connectivity index (χ0v) is 15.2. The van der Waals surface area contributed by atoms with E-state index < -0.39 is 0 Å². The van der Waals surface area contributed by atoms with Gasteiger partial charge in [-0.25, -0.2) is 4.79 Å². The largest absolute Gasteiger partial charge is 0.395 e. The molecule has 0 fully saturated rings. The normalized spacial score (nSPS) is 11.8. The highest BCUT2D eigenvalue weighted by Gasteiger charge is 2.24. The summed E-state index contributed by atoms with van der Waals surface area (Å²) >= 11 is 0. The van der Waals surface area contributed by atoms with E-state index in [0.717, 1.165) is 29.1 Å². The fourth-order valence-corrected chi connectivity index (χ4v) is 3.55. The highest BCUT2D eigenvalue weighted by Crippen LogP contribution is 2.39. The van der Waals surface area contributed by atoms with E-state index >= 15 is 0 Å². The molecule has 3 N–H and O–H groups in total. The van der Waals surface area contributed by atoms with Crippen LogP contribution in [-0.2, 0) is 6.42 Å². The molecule has 0 atom stereocenters. The second-order valence-electron chi connectivity index (χ2n) is 6.57. The number of aromatic amines is 1. The van der Waals surface area contributed by atoms with Crippen LogP contribution in [0.25, 0.3) is 22.5 Å². The van der Waals surface area contributed by atoms with Gasteiger partial charge in [-0.3, -0.25) is 5.10 Å². The lowest BCUT2D eigenvalue weighted by atomic mass is 10.1. The number of amides is 2. The van der Waals surface area contributed by atoms with Crippen LogP contribution in [0.15, 0.2) is 48.5 Å². The van der Waals surface area contributed by atoms with E-state index in [0.29, 0.717) is 13.1 Å². The Hall–Kier alpha value is -3.12. The molecule has 3 aromatic rings. The first-order chi connectivity index (χ1) is 13.2. The topological polar surface area (TPSA) is 81.2 Å². The third-order valence-corrected chi connectivity index (χ3v) is 4.97. The van der Waals surface area contributed by atoms with Gasteiger partial charge >= 0.3 is 6.03 Å². The lowest BCUT2D eigenvalue weighted by molar-refractivity contribution is 0.192. The van der Waals surface area contributed by atoms with Crippen LogP contribution in [0.1, 0.15) is 18.1 Å². The van der Waals surface area contributed by atoms with Gasteiger partial charge in [0, 0.05) is 41.9 Å². The Morgan fingerprint density at radius 1 is 1.22 bits per heavy atom. The Labute approximate surface area is 157 Å². The number of H-pyrrole nitrogens is 1. The Morgan fingerprint density at radius 3 is 2.74 bits per heavy atom. The summed E-state index contributed by atoms with van der Waals surface area (Å²) in [6.07, 6.45) is 0.877. The summed E-state index contributed by atoms with van der Waals surface area (Å²) in [5.74, 6) is 0. The number of urea groups is 1. The van der Waals surface area contributed by atoms with Crippen LogP contribution >= 0.6 is 0 Å². The first kappa shape index (κ1) is 17.3. The van der Waals surface area contributed by atoms with Crippen molar-refractivity contribution in [2.24, 2.45) is 0 Å². The van der Waals surface area contributed by atoms with Gasteiger partial charge in [-0.05, 0) is 24.6 Å². The minimum atomic E-state index is -0.213. The lowest BCUT2D eigenvalue weighted by Gasteiger charge is -2.20. The molecule has 0 aliphatic heterocycles. The first-order valence-corrected chi connectivity index (χ1v) is 9.14. The Bertz CT molecular complexity index is 963. The second kappa shape index (κ2) is 7.25. The fourth-order valence-electron chi connectivity index (χ4n) is 3.55. The molecule has 0 unspecified atom stereocenters. The predicted octanol–water partition coefficient (Wildman–Crippen LogP) is 3.49. The molecule has 6 nitrogen and oxygen atoms in total. The maximum absolute atomic E-state index is 12.2. The van der Waals surface area contributed by atoms with Gasteiger partial charge in [0.15, 0.2) is 0 Å². The molecular formula is C21H22N4O2. The van der Waals surface area contributed by atoms with Crippen molar-refractivity contribution in [2.75, 3.05) is 25.0 Å². The van der Waals surface area contributed by atoms with Crippen molar-refractivity contribution in [1.82, 2.24) is 15.1 Å². The van der Waals surface area contributed by atoms with Gasteiger partial charge < -0.3 is 15.3 Å². The maximum atomic E-state index is 12.2. The van der Waals surface area contributed by atoms with Gasteiger partial charge in [-0.1, -0.05) is 36.4 Å². The van der Waals surface area contributed by atoms with Gasteiger partial charge in [0.1, 0.15) is 0 Å². The molecule has 1 aliphatic carbocycles. The molecule has 0 saturated heterocycles. The monoisotopic (exact) mass is 362 g/mol. The fraction of sp³-hybridized carbons (Fsp3) is 0.238. The van der Waals surface area contributed by atoms with Crippen LogP contribution in [0.2, 0.25) is 0 Å². The number of hydrogen-bond donors (Lipinski definition) is 3.